The summed E-state index contributed by atoms with van der Waals surface area (Å²) >= 11 is 0. The first-order valence-electron chi connectivity index (χ1n) is 35.1. The summed E-state index contributed by atoms with van der Waals surface area (Å²) in [5.41, 5.74) is 0. The Labute approximate surface area is 492 Å². The third-order valence-corrected chi connectivity index (χ3v) is 15.8. The lowest BCUT2D eigenvalue weighted by Gasteiger charge is -2.18. The molecule has 0 heterocycles. The molecule has 0 aliphatic carbocycles. The largest absolute Gasteiger partial charge is 0.462 e. The molecule has 1 atom stereocenters. The molecule has 6 nitrogen and oxygen atoms in total. The highest BCUT2D eigenvalue weighted by molar-refractivity contribution is 5.71. The molecular weight excluding hydrogens is 973 g/mol. The summed E-state index contributed by atoms with van der Waals surface area (Å²) in [5, 5.41) is 0. The van der Waals surface area contributed by atoms with E-state index in [1.165, 1.54) is 257 Å². The Morgan fingerprint density at radius 1 is 0.266 bits per heavy atom. The molecule has 79 heavy (non-hydrogen) atoms. The Kier molecular flexibility index (Phi) is 65.6. The topological polar surface area (TPSA) is 78.9 Å². The van der Waals surface area contributed by atoms with Crippen LogP contribution >= 0.6 is 0 Å². The van der Waals surface area contributed by atoms with Crippen LogP contribution in [0.25, 0.3) is 0 Å². The van der Waals surface area contributed by atoms with Crippen molar-refractivity contribution in [1.29, 1.82) is 0 Å². The lowest BCUT2D eigenvalue weighted by molar-refractivity contribution is -0.167. The molecule has 0 saturated carbocycles. The molecule has 0 saturated heterocycles. The maximum absolute atomic E-state index is 12.9. The smallest absolute Gasteiger partial charge is 0.306 e. The van der Waals surface area contributed by atoms with Crippen LogP contribution in [0, 0.1) is 0 Å². The second-order valence-corrected chi connectivity index (χ2v) is 23.8. The minimum Gasteiger partial charge on any atom is -0.462 e. The number of carbonyl (C=O) groups excluding carboxylic acids is 3. The Balaban J connectivity index is 4.07. The van der Waals surface area contributed by atoms with Gasteiger partial charge in [0.2, 0.25) is 0 Å². The average molecular weight is 1110 g/mol. The first-order chi connectivity index (χ1) is 39.0. The van der Waals surface area contributed by atoms with E-state index in [-0.39, 0.29) is 31.1 Å². The number of allylic oxidation sites excluding steroid dienone is 8. The molecule has 0 amide bonds. The van der Waals surface area contributed by atoms with E-state index in [0.29, 0.717) is 19.3 Å². The van der Waals surface area contributed by atoms with Gasteiger partial charge < -0.3 is 14.2 Å². The fourth-order valence-electron chi connectivity index (χ4n) is 10.6. The highest BCUT2D eigenvalue weighted by Crippen LogP contribution is 2.19. The molecule has 0 spiro atoms. The van der Waals surface area contributed by atoms with Gasteiger partial charge in [-0.2, -0.15) is 0 Å². The van der Waals surface area contributed by atoms with E-state index in [4.69, 9.17) is 14.2 Å². The zero-order chi connectivity index (χ0) is 57.1. The van der Waals surface area contributed by atoms with Crippen molar-refractivity contribution in [2.45, 2.75) is 386 Å². The molecule has 0 aliphatic heterocycles. The van der Waals surface area contributed by atoms with Crippen LogP contribution in [0.15, 0.2) is 48.6 Å². The minimum atomic E-state index is -0.766. The predicted octanol–water partition coefficient (Wildman–Crippen LogP) is 24.1. The molecule has 0 aromatic carbocycles. The van der Waals surface area contributed by atoms with Gasteiger partial charge in [0.25, 0.3) is 0 Å². The van der Waals surface area contributed by atoms with Gasteiger partial charge in [0.05, 0.1) is 0 Å². The molecule has 0 rings (SSSR count). The molecule has 0 N–H and O–H groups in total. The molecule has 462 valence electrons. The Morgan fingerprint density at radius 2 is 0.494 bits per heavy atom. The first-order valence-corrected chi connectivity index (χ1v) is 35.1. The first kappa shape index (κ1) is 76.4. The minimum absolute atomic E-state index is 0.0647. The molecule has 0 radical (unpaired) electrons. The molecule has 0 aromatic rings. The number of esters is 3. The van der Waals surface area contributed by atoms with Crippen LogP contribution in [0.2, 0.25) is 0 Å². The molecule has 0 bridgehead atoms. The van der Waals surface area contributed by atoms with E-state index in [2.05, 4.69) is 69.4 Å². The molecule has 1 unspecified atom stereocenters. The average Bonchev–Trinajstić information content (AvgIpc) is 3.45. The Bertz CT molecular complexity index is 1360. The summed E-state index contributed by atoms with van der Waals surface area (Å²) in [6.45, 7) is 6.59. The van der Waals surface area contributed by atoms with Crippen molar-refractivity contribution in [3.8, 4) is 0 Å². The van der Waals surface area contributed by atoms with Crippen molar-refractivity contribution in [1.82, 2.24) is 0 Å². The quantitative estimate of drug-likeness (QED) is 0.0261. The van der Waals surface area contributed by atoms with Gasteiger partial charge in [0.1, 0.15) is 13.2 Å². The van der Waals surface area contributed by atoms with Gasteiger partial charge in [0.15, 0.2) is 6.10 Å². The van der Waals surface area contributed by atoms with E-state index < -0.39 is 6.10 Å². The summed E-state index contributed by atoms with van der Waals surface area (Å²) < 4.78 is 17.0. The van der Waals surface area contributed by atoms with E-state index >= 15 is 0 Å². The van der Waals surface area contributed by atoms with E-state index in [1.807, 2.05) is 0 Å². The molecule has 0 fully saturated rings. The van der Waals surface area contributed by atoms with Gasteiger partial charge in [-0.1, -0.05) is 352 Å². The Morgan fingerprint density at radius 3 is 0.772 bits per heavy atom. The molecule has 6 heteroatoms. The summed E-state index contributed by atoms with van der Waals surface area (Å²) in [4.78, 5) is 38.3. The second-order valence-electron chi connectivity index (χ2n) is 23.8. The van der Waals surface area contributed by atoms with Crippen LogP contribution in [-0.2, 0) is 28.6 Å². The number of carbonyl (C=O) groups is 3. The second kappa shape index (κ2) is 67.9. The van der Waals surface area contributed by atoms with Gasteiger partial charge in [-0.05, 0) is 57.8 Å². The number of hydrogen-bond acceptors (Lipinski definition) is 6. The summed E-state index contributed by atoms with van der Waals surface area (Å²) in [7, 11) is 0. The van der Waals surface area contributed by atoms with Crippen molar-refractivity contribution in [2.24, 2.45) is 0 Å². The van der Waals surface area contributed by atoms with Gasteiger partial charge in [-0.15, -0.1) is 0 Å². The lowest BCUT2D eigenvalue weighted by Crippen LogP contribution is -2.30. The monoisotopic (exact) mass is 1110 g/mol. The summed E-state index contributed by atoms with van der Waals surface area (Å²) in [6, 6.07) is 0. The van der Waals surface area contributed by atoms with Gasteiger partial charge in [0, 0.05) is 19.3 Å². The third-order valence-electron chi connectivity index (χ3n) is 15.8. The Hall–Kier alpha value is -2.63. The van der Waals surface area contributed by atoms with Gasteiger partial charge >= 0.3 is 17.9 Å². The van der Waals surface area contributed by atoms with Gasteiger partial charge in [-0.25, -0.2) is 0 Å². The van der Waals surface area contributed by atoms with E-state index in [1.54, 1.807) is 0 Å². The van der Waals surface area contributed by atoms with E-state index in [0.717, 1.165) is 83.5 Å². The van der Waals surface area contributed by atoms with Gasteiger partial charge in [-0.3, -0.25) is 14.4 Å². The fraction of sp³-hybridized carbons (Fsp3) is 0.849. The maximum Gasteiger partial charge on any atom is 0.306 e. The van der Waals surface area contributed by atoms with Crippen LogP contribution in [-0.4, -0.2) is 37.2 Å². The van der Waals surface area contributed by atoms with Crippen LogP contribution < -0.4 is 0 Å². The maximum atomic E-state index is 12.9. The SMILES string of the molecule is CC/C=C\C/C=C\C/C=C\C/C=C\CCCCCCCCCCCCCCCCCCCCCCC(=O)OCC(COC(=O)CCCCCCCCCCCCC)OC(=O)CCCCCCCCCCCCCCCCCCC. The standard InChI is InChI=1S/C73H134O6/c1-4-7-10-13-16-19-22-24-26-28-29-30-31-32-33-34-35-36-37-38-39-40-41-42-43-45-46-48-51-54-57-60-63-66-72(75)78-69-70(68-77-71(74)65-62-59-56-53-50-21-18-15-12-9-6-3)79-73(76)67-64-61-58-55-52-49-47-44-27-25-23-20-17-14-11-8-5-2/h7,10,16,19,24,26,29-30,70H,4-6,8-9,11-15,17-18,20-23,25,27-28,31-69H2,1-3H3/b10-7-,19-16-,26-24-,30-29-. The number of hydrogen-bond donors (Lipinski definition) is 0. The molecule has 0 aliphatic rings. The lowest BCUT2D eigenvalue weighted by atomic mass is 10.0. The zero-order valence-electron chi connectivity index (χ0n) is 53.2. The predicted molar refractivity (Wildman–Crippen MR) is 344 cm³/mol. The summed E-state index contributed by atoms with van der Waals surface area (Å²) in [6.07, 6.45) is 85.8. The van der Waals surface area contributed by atoms with Crippen molar-refractivity contribution in [3.63, 3.8) is 0 Å². The summed E-state index contributed by atoms with van der Waals surface area (Å²) in [5.74, 6) is -0.836. The van der Waals surface area contributed by atoms with Crippen LogP contribution in [0.1, 0.15) is 380 Å². The van der Waals surface area contributed by atoms with Crippen molar-refractivity contribution in [3.05, 3.63) is 48.6 Å². The molecular formula is C73H134O6. The third kappa shape index (κ3) is 66.1. The van der Waals surface area contributed by atoms with Crippen LogP contribution in [0.4, 0.5) is 0 Å². The highest BCUT2D eigenvalue weighted by Gasteiger charge is 2.19. The number of rotatable bonds is 65. The van der Waals surface area contributed by atoms with Crippen molar-refractivity contribution >= 4 is 17.9 Å². The van der Waals surface area contributed by atoms with Crippen LogP contribution in [0.5, 0.6) is 0 Å². The molecule has 0 aromatic heterocycles. The normalized spacial score (nSPS) is 12.3. The van der Waals surface area contributed by atoms with Crippen molar-refractivity contribution < 1.29 is 28.6 Å². The van der Waals surface area contributed by atoms with Crippen molar-refractivity contribution in [2.75, 3.05) is 13.2 Å². The zero-order valence-corrected chi connectivity index (χ0v) is 53.2. The van der Waals surface area contributed by atoms with Crippen LogP contribution in [0.3, 0.4) is 0 Å². The number of ether oxygens (including phenoxy) is 3. The number of unbranched alkanes of at least 4 members (excludes halogenated alkanes) is 46. The fourth-order valence-corrected chi connectivity index (χ4v) is 10.6. The highest BCUT2D eigenvalue weighted by atomic mass is 16.6. The van der Waals surface area contributed by atoms with E-state index in [9.17, 15) is 14.4 Å².